The van der Waals surface area contributed by atoms with Gasteiger partial charge in [-0.15, -0.1) is 0 Å². The third kappa shape index (κ3) is 3.30. The molecule has 0 spiro atoms. The second-order valence-corrected chi connectivity index (χ2v) is 9.56. The van der Waals surface area contributed by atoms with Crippen LogP contribution in [-0.2, 0) is 9.84 Å². The summed E-state index contributed by atoms with van der Waals surface area (Å²) < 4.78 is 31.5. The Morgan fingerprint density at radius 2 is 1.58 bits per heavy atom. The Hall–Kier alpha value is -4.23. The van der Waals surface area contributed by atoms with Gasteiger partial charge in [0, 0.05) is 34.5 Å². The molecule has 0 bridgehead atoms. The predicted octanol–water partition coefficient (Wildman–Crippen LogP) is 5.74. The molecule has 160 valence electrons. The maximum atomic E-state index is 12.8. The van der Waals surface area contributed by atoms with E-state index in [9.17, 15) is 8.42 Å². The summed E-state index contributed by atoms with van der Waals surface area (Å²) in [6, 6.07) is 27.5. The van der Waals surface area contributed by atoms with Crippen molar-refractivity contribution in [2.75, 3.05) is 0 Å². The van der Waals surface area contributed by atoms with Crippen LogP contribution in [0, 0.1) is 0 Å². The number of H-pyrrole nitrogens is 1. The number of hydrogen-bond donors (Lipinski definition) is 1. The molecule has 3 heterocycles. The summed E-state index contributed by atoms with van der Waals surface area (Å²) in [5.41, 5.74) is 4.74. The highest BCUT2D eigenvalue weighted by Gasteiger charge is 2.32. The molecule has 1 aliphatic heterocycles. The molecule has 0 radical (unpaired) electrons. The van der Waals surface area contributed by atoms with Gasteiger partial charge in [0.25, 0.3) is 0 Å². The monoisotopic (exact) mass is 451 g/mol. The number of aromatic nitrogens is 3. The van der Waals surface area contributed by atoms with E-state index < -0.39 is 9.84 Å². The zero-order valence-corrected chi connectivity index (χ0v) is 18.1. The molecule has 1 aliphatic rings. The lowest BCUT2D eigenvalue weighted by Crippen LogP contribution is -1.96. The van der Waals surface area contributed by atoms with Crippen molar-refractivity contribution >= 4 is 9.84 Å². The van der Waals surface area contributed by atoms with E-state index >= 15 is 0 Å². The summed E-state index contributed by atoms with van der Waals surface area (Å²) in [7, 11) is -3.48. The first-order valence-electron chi connectivity index (χ1n) is 10.3. The molecule has 33 heavy (non-hydrogen) atoms. The molecule has 0 saturated carbocycles. The highest BCUT2D eigenvalue weighted by molar-refractivity contribution is 7.92. The van der Waals surface area contributed by atoms with E-state index in [0.29, 0.717) is 27.0 Å². The SMILES string of the molecule is O=S1(=O)c2ccccc2-c2cc(-c3cc(-c4cccc(Oc5ccccn5)c4)n[nH]3)ccc21. The van der Waals surface area contributed by atoms with Gasteiger partial charge in [0.1, 0.15) is 5.75 Å². The van der Waals surface area contributed by atoms with Gasteiger partial charge in [-0.1, -0.05) is 42.5 Å². The molecule has 0 amide bonds. The Morgan fingerprint density at radius 1 is 0.727 bits per heavy atom. The van der Waals surface area contributed by atoms with Gasteiger partial charge in [0.2, 0.25) is 15.7 Å². The first-order chi connectivity index (χ1) is 16.1. The number of nitrogens with zero attached hydrogens (tertiary/aromatic N) is 2. The maximum Gasteiger partial charge on any atom is 0.219 e. The van der Waals surface area contributed by atoms with Gasteiger partial charge in [0.15, 0.2) is 0 Å². The van der Waals surface area contributed by atoms with E-state index in [0.717, 1.165) is 28.1 Å². The van der Waals surface area contributed by atoms with Gasteiger partial charge in [-0.25, -0.2) is 13.4 Å². The molecule has 0 aliphatic carbocycles. The lowest BCUT2D eigenvalue weighted by atomic mass is 10.0. The molecular weight excluding hydrogens is 434 g/mol. The number of hydrogen-bond acceptors (Lipinski definition) is 5. The van der Waals surface area contributed by atoms with Gasteiger partial charge in [-0.2, -0.15) is 5.10 Å². The van der Waals surface area contributed by atoms with Crippen LogP contribution in [-0.4, -0.2) is 23.6 Å². The number of benzene rings is 3. The van der Waals surface area contributed by atoms with Crippen molar-refractivity contribution < 1.29 is 13.2 Å². The van der Waals surface area contributed by atoms with Crippen molar-refractivity contribution in [1.82, 2.24) is 15.2 Å². The van der Waals surface area contributed by atoms with Gasteiger partial charge in [-0.3, -0.25) is 5.10 Å². The highest BCUT2D eigenvalue weighted by Crippen LogP contribution is 2.44. The Balaban J connectivity index is 1.34. The topological polar surface area (TPSA) is 84.9 Å². The van der Waals surface area contributed by atoms with Crippen molar-refractivity contribution in [2.24, 2.45) is 0 Å². The largest absolute Gasteiger partial charge is 0.439 e. The van der Waals surface area contributed by atoms with Gasteiger partial charge in [0.05, 0.1) is 21.2 Å². The minimum atomic E-state index is -3.48. The first kappa shape index (κ1) is 19.5. The molecule has 2 aromatic heterocycles. The van der Waals surface area contributed by atoms with E-state index in [1.165, 1.54) is 0 Å². The summed E-state index contributed by atoms with van der Waals surface area (Å²) in [6.07, 6.45) is 1.68. The molecule has 6 rings (SSSR count). The van der Waals surface area contributed by atoms with Crippen molar-refractivity contribution in [2.45, 2.75) is 9.79 Å². The number of rotatable bonds is 4. The van der Waals surface area contributed by atoms with Crippen LogP contribution in [0.4, 0.5) is 0 Å². The number of nitrogens with one attached hydrogen (secondary N) is 1. The van der Waals surface area contributed by atoms with Crippen molar-refractivity contribution in [3.8, 4) is 45.3 Å². The minimum Gasteiger partial charge on any atom is -0.439 e. The van der Waals surface area contributed by atoms with E-state index in [2.05, 4.69) is 15.2 Å². The zero-order chi connectivity index (χ0) is 22.4. The van der Waals surface area contributed by atoms with Crippen molar-refractivity contribution in [1.29, 1.82) is 0 Å². The van der Waals surface area contributed by atoms with Crippen LogP contribution in [0.25, 0.3) is 33.6 Å². The number of ether oxygens (including phenoxy) is 1. The van der Waals surface area contributed by atoms with Gasteiger partial charge >= 0.3 is 0 Å². The van der Waals surface area contributed by atoms with E-state index in [1.807, 2.05) is 60.7 Å². The smallest absolute Gasteiger partial charge is 0.219 e. The fourth-order valence-electron chi connectivity index (χ4n) is 4.05. The average Bonchev–Trinajstić information content (AvgIpc) is 3.42. The van der Waals surface area contributed by atoms with Crippen LogP contribution in [0.1, 0.15) is 0 Å². The van der Waals surface area contributed by atoms with Crippen LogP contribution >= 0.6 is 0 Å². The molecule has 0 unspecified atom stereocenters. The lowest BCUT2D eigenvalue weighted by molar-refractivity contribution is 0.463. The third-order valence-electron chi connectivity index (χ3n) is 5.61. The van der Waals surface area contributed by atoms with Gasteiger partial charge < -0.3 is 4.74 Å². The fourth-order valence-corrected chi connectivity index (χ4v) is 5.72. The average molecular weight is 452 g/mol. The standard InChI is InChI=1S/C26H17N3O3S/c30-33(31)24-9-2-1-8-20(24)21-15-18(11-12-25(21)33)23-16-22(28-29-23)17-6-5-7-19(14-17)32-26-10-3-4-13-27-26/h1-16H,(H,28,29). The van der Waals surface area contributed by atoms with E-state index in [-0.39, 0.29) is 0 Å². The molecule has 0 saturated heterocycles. The Labute approximate surface area is 190 Å². The second kappa shape index (κ2) is 7.43. The number of fused-ring (bicyclic) bond motifs is 3. The summed E-state index contributed by atoms with van der Waals surface area (Å²) in [5, 5.41) is 7.54. The number of pyridine rings is 1. The van der Waals surface area contributed by atoms with Crippen molar-refractivity contribution in [3.05, 3.63) is 97.2 Å². The molecular formula is C26H17N3O3S. The zero-order valence-electron chi connectivity index (χ0n) is 17.3. The summed E-state index contributed by atoms with van der Waals surface area (Å²) in [6.45, 7) is 0. The molecule has 3 aromatic carbocycles. The van der Waals surface area contributed by atoms with E-state index in [1.54, 1.807) is 36.5 Å². The Kier molecular flexibility index (Phi) is 4.38. The molecule has 7 heteroatoms. The maximum absolute atomic E-state index is 12.8. The Morgan fingerprint density at radius 3 is 2.45 bits per heavy atom. The second-order valence-electron chi connectivity index (χ2n) is 7.68. The summed E-state index contributed by atoms with van der Waals surface area (Å²) >= 11 is 0. The quantitative estimate of drug-likeness (QED) is 0.369. The summed E-state index contributed by atoms with van der Waals surface area (Å²) in [5.74, 6) is 1.18. The van der Waals surface area contributed by atoms with Crippen molar-refractivity contribution in [3.63, 3.8) is 0 Å². The van der Waals surface area contributed by atoms with Gasteiger partial charge in [-0.05, 0) is 42.5 Å². The Bertz CT molecular complexity index is 1610. The summed E-state index contributed by atoms with van der Waals surface area (Å²) in [4.78, 5) is 4.88. The van der Waals surface area contributed by atoms with Crippen LogP contribution in [0.3, 0.4) is 0 Å². The molecule has 0 atom stereocenters. The van der Waals surface area contributed by atoms with Crippen LogP contribution < -0.4 is 4.74 Å². The fraction of sp³-hybridized carbons (Fsp3) is 0. The minimum absolute atomic E-state index is 0.339. The predicted molar refractivity (Wildman–Crippen MR) is 125 cm³/mol. The highest BCUT2D eigenvalue weighted by atomic mass is 32.2. The number of sulfone groups is 1. The van der Waals surface area contributed by atoms with Crippen LogP contribution in [0.15, 0.2) is 107 Å². The third-order valence-corrected chi connectivity index (χ3v) is 7.48. The normalized spacial score (nSPS) is 13.3. The molecule has 0 fully saturated rings. The lowest BCUT2D eigenvalue weighted by Gasteiger charge is -2.05. The van der Waals surface area contributed by atoms with E-state index in [4.69, 9.17) is 4.74 Å². The molecule has 6 nitrogen and oxygen atoms in total. The first-order valence-corrected chi connectivity index (χ1v) is 11.8. The molecule has 5 aromatic rings. The molecule has 1 N–H and O–H groups in total. The van der Waals surface area contributed by atoms with Crippen LogP contribution in [0.5, 0.6) is 11.6 Å². The number of aromatic amines is 1. The van der Waals surface area contributed by atoms with Crippen LogP contribution in [0.2, 0.25) is 0 Å².